The van der Waals surface area contributed by atoms with E-state index in [0.717, 1.165) is 11.8 Å². The average Bonchev–Trinajstić information content (AvgIpc) is 3.48. The van der Waals surface area contributed by atoms with E-state index >= 15 is 0 Å². The number of hydrogen-bond acceptors (Lipinski definition) is 8. The fourth-order valence-electron chi connectivity index (χ4n) is 4.80. The molecule has 0 radical (unpaired) electrons. The van der Waals surface area contributed by atoms with Crippen molar-refractivity contribution in [2.24, 2.45) is 5.92 Å². The van der Waals surface area contributed by atoms with E-state index in [9.17, 15) is 27.6 Å². The number of nitrogens with one attached hydrogen (secondary N) is 4. The standard InChI is InChI=1S/C31H37N5O7S/c1-19(2)26-30(40)34-24(16-20-10-5-4-6-11-20)31-35-25(18-43-31)28(38)32-15-8-7-14-23(29(39)36-26)33-27(37)21-12-9-13-22(17-21)44(3,41)42/h4-6,9-13,17-19,23-24,26H,7-8,14-16H2,1-3H3,(H,32,38)(H,33,37)(H,34,40)(H,36,39)/t23-,24+,26-/m0/s1. The maximum Gasteiger partial charge on any atom is 0.273 e. The van der Waals surface area contributed by atoms with Crippen molar-refractivity contribution in [1.29, 1.82) is 0 Å². The SMILES string of the molecule is CC(C)[C@@H]1NC(=O)[C@@H](NC(=O)c2cccc(S(C)(=O)=O)c2)CCCCNC(=O)c2coc(n2)[C@@H](Cc2ccccc2)NC1=O. The molecular weight excluding hydrogens is 586 g/mol. The second-order valence-corrected chi connectivity index (χ2v) is 13.1. The molecular formula is C31H37N5O7S. The maximum atomic E-state index is 13.6. The smallest absolute Gasteiger partial charge is 0.273 e. The van der Waals surface area contributed by atoms with Gasteiger partial charge in [0.15, 0.2) is 15.5 Å². The minimum absolute atomic E-state index is 0.0254. The summed E-state index contributed by atoms with van der Waals surface area (Å²) >= 11 is 0. The number of benzene rings is 2. The van der Waals surface area contributed by atoms with Crippen LogP contribution in [0.25, 0.3) is 0 Å². The zero-order valence-corrected chi connectivity index (χ0v) is 25.6. The normalized spacial score (nSPS) is 20.4. The molecule has 0 fully saturated rings. The Morgan fingerprint density at radius 2 is 1.77 bits per heavy atom. The highest BCUT2D eigenvalue weighted by molar-refractivity contribution is 7.90. The van der Waals surface area contributed by atoms with Crippen LogP contribution in [0.15, 0.2) is 70.2 Å². The van der Waals surface area contributed by atoms with Gasteiger partial charge in [0.1, 0.15) is 24.4 Å². The third-order valence-corrected chi connectivity index (χ3v) is 8.36. The van der Waals surface area contributed by atoms with Crippen LogP contribution >= 0.6 is 0 Å². The van der Waals surface area contributed by atoms with Crippen LogP contribution in [0.2, 0.25) is 0 Å². The number of nitrogens with zero attached hydrogens (tertiary/aromatic N) is 1. The van der Waals surface area contributed by atoms with Crippen LogP contribution in [0.5, 0.6) is 0 Å². The molecule has 1 aromatic heterocycles. The number of hydrogen-bond donors (Lipinski definition) is 4. The Labute approximate surface area is 256 Å². The second-order valence-electron chi connectivity index (χ2n) is 11.1. The van der Waals surface area contributed by atoms with Gasteiger partial charge in [-0.1, -0.05) is 50.2 Å². The van der Waals surface area contributed by atoms with Crippen LogP contribution in [0.4, 0.5) is 0 Å². The first-order chi connectivity index (χ1) is 20.9. The molecule has 2 bridgehead atoms. The van der Waals surface area contributed by atoms with Gasteiger partial charge >= 0.3 is 0 Å². The van der Waals surface area contributed by atoms with Gasteiger partial charge in [-0.3, -0.25) is 19.2 Å². The monoisotopic (exact) mass is 623 g/mol. The highest BCUT2D eigenvalue weighted by atomic mass is 32.2. The molecule has 0 saturated heterocycles. The summed E-state index contributed by atoms with van der Waals surface area (Å²) in [6, 6.07) is 12.2. The lowest BCUT2D eigenvalue weighted by Crippen LogP contribution is -2.56. The molecule has 13 heteroatoms. The van der Waals surface area contributed by atoms with E-state index in [0.29, 0.717) is 25.8 Å². The molecule has 234 valence electrons. The number of rotatable bonds is 6. The van der Waals surface area contributed by atoms with Crippen LogP contribution in [0.3, 0.4) is 0 Å². The number of fused-ring (bicyclic) bond motifs is 2. The fraction of sp³-hybridized carbons (Fsp3) is 0.387. The van der Waals surface area contributed by atoms with E-state index in [2.05, 4.69) is 26.3 Å². The Morgan fingerprint density at radius 3 is 2.48 bits per heavy atom. The molecule has 3 aromatic rings. The van der Waals surface area contributed by atoms with Crippen molar-refractivity contribution in [1.82, 2.24) is 26.3 Å². The lowest BCUT2D eigenvalue weighted by Gasteiger charge is -2.27. The molecule has 4 N–H and O–H groups in total. The zero-order chi connectivity index (χ0) is 31.9. The molecule has 1 aliphatic heterocycles. The predicted molar refractivity (Wildman–Crippen MR) is 161 cm³/mol. The highest BCUT2D eigenvalue weighted by Crippen LogP contribution is 2.20. The molecule has 12 nitrogen and oxygen atoms in total. The molecule has 0 aliphatic carbocycles. The Hall–Kier alpha value is -4.52. The second kappa shape index (κ2) is 14.3. The van der Waals surface area contributed by atoms with E-state index in [1.54, 1.807) is 13.8 Å². The van der Waals surface area contributed by atoms with Gasteiger partial charge in [-0.05, 0) is 48.9 Å². The van der Waals surface area contributed by atoms with Gasteiger partial charge in [0.25, 0.3) is 11.8 Å². The van der Waals surface area contributed by atoms with Gasteiger partial charge in [0, 0.05) is 24.8 Å². The van der Waals surface area contributed by atoms with Crippen LogP contribution in [0.1, 0.15) is 71.5 Å². The van der Waals surface area contributed by atoms with Gasteiger partial charge in [0.2, 0.25) is 17.7 Å². The predicted octanol–water partition coefficient (Wildman–Crippen LogP) is 2.33. The topological polar surface area (TPSA) is 177 Å². The van der Waals surface area contributed by atoms with Crippen molar-refractivity contribution in [3.8, 4) is 0 Å². The number of carbonyl (C=O) groups excluding carboxylic acids is 4. The number of amides is 4. The molecule has 4 rings (SSSR count). The number of oxazole rings is 1. The van der Waals surface area contributed by atoms with Crippen LogP contribution in [-0.2, 0) is 25.8 Å². The van der Waals surface area contributed by atoms with Crippen molar-refractivity contribution in [3.63, 3.8) is 0 Å². The Kier molecular flexibility index (Phi) is 10.5. The van der Waals surface area contributed by atoms with E-state index in [1.165, 1.54) is 30.5 Å². The minimum atomic E-state index is -3.56. The molecule has 2 heterocycles. The summed E-state index contributed by atoms with van der Waals surface area (Å²) in [5.74, 6) is -2.31. The van der Waals surface area contributed by atoms with E-state index < -0.39 is 51.6 Å². The number of carbonyl (C=O) groups is 4. The highest BCUT2D eigenvalue weighted by Gasteiger charge is 2.32. The van der Waals surface area contributed by atoms with Crippen molar-refractivity contribution in [2.45, 2.75) is 62.6 Å². The molecule has 0 unspecified atom stereocenters. The summed E-state index contributed by atoms with van der Waals surface area (Å²) < 4.78 is 29.6. The molecule has 4 amide bonds. The first kappa shape index (κ1) is 32.4. The molecule has 0 spiro atoms. The maximum absolute atomic E-state index is 13.6. The van der Waals surface area contributed by atoms with E-state index in [-0.39, 0.29) is 34.4 Å². The van der Waals surface area contributed by atoms with Gasteiger partial charge in [-0.15, -0.1) is 0 Å². The van der Waals surface area contributed by atoms with Gasteiger partial charge in [-0.2, -0.15) is 0 Å². The van der Waals surface area contributed by atoms with Crippen LogP contribution in [-0.4, -0.2) is 61.9 Å². The van der Waals surface area contributed by atoms with Crippen molar-refractivity contribution < 1.29 is 32.0 Å². The van der Waals surface area contributed by atoms with Crippen molar-refractivity contribution in [2.75, 3.05) is 12.8 Å². The van der Waals surface area contributed by atoms with Gasteiger partial charge < -0.3 is 25.7 Å². The molecule has 44 heavy (non-hydrogen) atoms. The Bertz CT molecular complexity index is 1600. The third kappa shape index (κ3) is 8.53. The van der Waals surface area contributed by atoms with Crippen molar-refractivity contribution in [3.05, 3.63) is 83.6 Å². The first-order valence-electron chi connectivity index (χ1n) is 14.4. The first-order valence-corrected chi connectivity index (χ1v) is 16.3. The summed E-state index contributed by atoms with van der Waals surface area (Å²) in [6.07, 6.45) is 3.75. The minimum Gasteiger partial charge on any atom is -0.446 e. The summed E-state index contributed by atoms with van der Waals surface area (Å²) in [7, 11) is -3.56. The summed E-state index contributed by atoms with van der Waals surface area (Å²) in [5.41, 5.74) is 1.05. The van der Waals surface area contributed by atoms with Gasteiger partial charge in [0.05, 0.1) is 4.90 Å². The molecule has 3 atom stereocenters. The lowest BCUT2D eigenvalue weighted by molar-refractivity contribution is -0.131. The van der Waals surface area contributed by atoms with Crippen molar-refractivity contribution >= 4 is 33.5 Å². The molecule has 2 aromatic carbocycles. The third-order valence-electron chi connectivity index (χ3n) is 7.25. The average molecular weight is 624 g/mol. The van der Waals surface area contributed by atoms with E-state index in [1.807, 2.05) is 30.3 Å². The quantitative estimate of drug-likeness (QED) is 0.323. The molecule has 1 aliphatic rings. The van der Waals surface area contributed by atoms with Gasteiger partial charge in [-0.25, -0.2) is 13.4 Å². The number of aromatic nitrogens is 1. The zero-order valence-electron chi connectivity index (χ0n) is 24.8. The largest absolute Gasteiger partial charge is 0.446 e. The lowest BCUT2D eigenvalue weighted by atomic mass is 10.00. The Balaban J connectivity index is 1.60. The summed E-state index contributed by atoms with van der Waals surface area (Å²) in [5, 5.41) is 11.2. The molecule has 0 saturated carbocycles. The summed E-state index contributed by atoms with van der Waals surface area (Å²) in [6.45, 7) is 3.86. The van der Waals surface area contributed by atoms with Crippen LogP contribution < -0.4 is 21.3 Å². The van der Waals surface area contributed by atoms with E-state index in [4.69, 9.17) is 4.42 Å². The van der Waals surface area contributed by atoms with Crippen LogP contribution in [0, 0.1) is 5.92 Å². The Morgan fingerprint density at radius 1 is 1.02 bits per heavy atom. The summed E-state index contributed by atoms with van der Waals surface area (Å²) in [4.78, 5) is 57.4. The number of sulfone groups is 1. The fourth-order valence-corrected chi connectivity index (χ4v) is 5.46.